The number of ether oxygens (including phenoxy) is 1. The molecule has 3 amide bonds. The third-order valence-corrected chi connectivity index (χ3v) is 3.83. The van der Waals surface area contributed by atoms with Crippen LogP contribution in [0.1, 0.15) is 21.5 Å². The number of hydrogen-bond acceptors (Lipinski definition) is 3. The molecule has 0 fully saturated rings. The van der Waals surface area contributed by atoms with E-state index in [1.165, 1.54) is 18.2 Å². The molecule has 0 aliphatic carbocycles. The summed E-state index contributed by atoms with van der Waals surface area (Å²) < 4.78 is 54.2. The fourth-order valence-corrected chi connectivity index (χ4v) is 2.38. The lowest BCUT2D eigenvalue weighted by molar-refractivity contribution is -0.176. The molecule has 0 saturated carbocycles. The number of amides is 3. The predicted octanol–water partition coefficient (Wildman–Crippen LogP) is 3.13. The summed E-state index contributed by atoms with van der Waals surface area (Å²) in [5, 5.41) is 7.65. The van der Waals surface area contributed by atoms with Crippen LogP contribution in [-0.4, -0.2) is 37.8 Å². The Kier molecular flexibility index (Phi) is 8.60. The number of halogens is 4. The fourth-order valence-electron chi connectivity index (χ4n) is 2.38. The molecule has 6 nitrogen and oxygen atoms in total. The summed E-state index contributed by atoms with van der Waals surface area (Å²) in [5.41, 5.74) is 1.25. The van der Waals surface area contributed by atoms with Crippen molar-refractivity contribution in [2.45, 2.75) is 19.3 Å². The largest absolute Gasteiger partial charge is 0.411 e. The van der Waals surface area contributed by atoms with Crippen molar-refractivity contribution in [1.82, 2.24) is 16.0 Å². The zero-order valence-corrected chi connectivity index (χ0v) is 15.9. The van der Waals surface area contributed by atoms with E-state index in [-0.39, 0.29) is 31.8 Å². The average molecular weight is 427 g/mol. The van der Waals surface area contributed by atoms with Crippen LogP contribution in [0.2, 0.25) is 0 Å². The van der Waals surface area contributed by atoms with Crippen molar-refractivity contribution < 1.29 is 31.9 Å². The molecular weight excluding hydrogens is 406 g/mol. The van der Waals surface area contributed by atoms with Crippen LogP contribution in [0, 0.1) is 5.82 Å². The predicted molar refractivity (Wildman–Crippen MR) is 101 cm³/mol. The summed E-state index contributed by atoms with van der Waals surface area (Å²) >= 11 is 0. The first-order valence-corrected chi connectivity index (χ1v) is 9.01. The molecule has 0 bridgehead atoms. The van der Waals surface area contributed by atoms with Gasteiger partial charge in [-0.15, -0.1) is 0 Å². The maximum absolute atomic E-state index is 13.5. The minimum atomic E-state index is -4.36. The highest BCUT2D eigenvalue weighted by molar-refractivity contribution is 5.94. The first kappa shape index (κ1) is 23.1. The van der Waals surface area contributed by atoms with Gasteiger partial charge in [0.05, 0.1) is 12.2 Å². The van der Waals surface area contributed by atoms with Crippen molar-refractivity contribution in [3.63, 3.8) is 0 Å². The average Bonchev–Trinajstić information content (AvgIpc) is 2.70. The van der Waals surface area contributed by atoms with Crippen molar-refractivity contribution in [2.24, 2.45) is 0 Å². The van der Waals surface area contributed by atoms with Gasteiger partial charge in [-0.25, -0.2) is 9.18 Å². The second kappa shape index (κ2) is 11.1. The SMILES string of the molecule is O=C(NCCNC(=O)c1ccccc1F)NCc1ccc(COCC(F)(F)F)cc1. The zero-order valence-electron chi connectivity index (χ0n) is 15.9. The fraction of sp³-hybridized carbons (Fsp3) is 0.300. The van der Waals surface area contributed by atoms with E-state index in [0.717, 1.165) is 5.56 Å². The van der Waals surface area contributed by atoms with Gasteiger partial charge in [0.25, 0.3) is 5.91 Å². The molecule has 0 heterocycles. The number of carbonyl (C=O) groups excluding carboxylic acids is 2. The second-order valence-corrected chi connectivity index (χ2v) is 6.27. The minimum absolute atomic E-state index is 0.0748. The maximum Gasteiger partial charge on any atom is 0.411 e. The molecule has 30 heavy (non-hydrogen) atoms. The van der Waals surface area contributed by atoms with Crippen molar-refractivity contribution in [3.05, 3.63) is 71.0 Å². The van der Waals surface area contributed by atoms with Crippen LogP contribution in [0.15, 0.2) is 48.5 Å². The molecule has 162 valence electrons. The van der Waals surface area contributed by atoms with Crippen LogP contribution in [0.3, 0.4) is 0 Å². The number of urea groups is 1. The van der Waals surface area contributed by atoms with E-state index in [0.29, 0.717) is 5.56 Å². The van der Waals surface area contributed by atoms with E-state index < -0.39 is 30.5 Å². The van der Waals surface area contributed by atoms with Gasteiger partial charge in [0.2, 0.25) is 0 Å². The monoisotopic (exact) mass is 427 g/mol. The Morgan fingerprint density at radius 2 is 1.50 bits per heavy atom. The Labute approximate surface area is 170 Å². The first-order chi connectivity index (χ1) is 14.2. The number of rotatable bonds is 9. The van der Waals surface area contributed by atoms with Crippen molar-refractivity contribution in [1.29, 1.82) is 0 Å². The third-order valence-electron chi connectivity index (χ3n) is 3.83. The minimum Gasteiger partial charge on any atom is -0.367 e. The summed E-state index contributed by atoms with van der Waals surface area (Å²) in [4.78, 5) is 23.6. The van der Waals surface area contributed by atoms with Crippen molar-refractivity contribution in [3.8, 4) is 0 Å². The van der Waals surface area contributed by atoms with Gasteiger partial charge < -0.3 is 20.7 Å². The molecule has 0 aliphatic rings. The summed E-state index contributed by atoms with van der Waals surface area (Å²) in [6.45, 7) is -1.00. The Morgan fingerprint density at radius 1 is 0.867 bits per heavy atom. The van der Waals surface area contributed by atoms with Crippen molar-refractivity contribution in [2.75, 3.05) is 19.7 Å². The lowest BCUT2D eigenvalue weighted by Gasteiger charge is -2.10. The Hall–Kier alpha value is -3.14. The van der Waals surface area contributed by atoms with Gasteiger partial charge in [-0.1, -0.05) is 36.4 Å². The van der Waals surface area contributed by atoms with Crippen molar-refractivity contribution >= 4 is 11.9 Å². The number of hydrogen-bond donors (Lipinski definition) is 3. The molecule has 2 aromatic carbocycles. The lowest BCUT2D eigenvalue weighted by atomic mass is 10.1. The Morgan fingerprint density at radius 3 is 2.17 bits per heavy atom. The molecule has 0 radical (unpaired) electrons. The Balaban J connectivity index is 1.62. The zero-order chi connectivity index (χ0) is 22.0. The maximum atomic E-state index is 13.5. The smallest absolute Gasteiger partial charge is 0.367 e. The molecule has 0 spiro atoms. The van der Waals surface area contributed by atoms with Gasteiger partial charge in [-0.05, 0) is 23.3 Å². The molecular formula is C20H21F4N3O3. The van der Waals surface area contributed by atoms with E-state index in [2.05, 4.69) is 20.7 Å². The Bertz CT molecular complexity index is 842. The highest BCUT2D eigenvalue weighted by Crippen LogP contribution is 2.15. The highest BCUT2D eigenvalue weighted by Gasteiger charge is 2.27. The standard InChI is InChI=1S/C20H21F4N3O3/c21-17-4-2-1-3-16(17)18(28)25-9-10-26-19(29)27-11-14-5-7-15(8-6-14)12-30-13-20(22,23)24/h1-8H,9-13H2,(H,25,28)(H2,26,27,29). The summed E-state index contributed by atoms with van der Waals surface area (Å²) in [6, 6.07) is 11.7. The van der Waals surface area contributed by atoms with Gasteiger partial charge in [-0.3, -0.25) is 4.79 Å². The molecule has 0 saturated heterocycles. The number of nitrogens with one attached hydrogen (secondary N) is 3. The van der Waals surface area contributed by atoms with Crippen LogP contribution in [0.5, 0.6) is 0 Å². The van der Waals surface area contributed by atoms with Crippen LogP contribution in [0.4, 0.5) is 22.4 Å². The molecule has 0 aromatic heterocycles. The third kappa shape index (κ3) is 8.48. The highest BCUT2D eigenvalue weighted by atomic mass is 19.4. The van der Waals surface area contributed by atoms with E-state index in [1.54, 1.807) is 30.3 Å². The molecule has 2 rings (SSSR count). The quantitative estimate of drug-likeness (QED) is 0.425. The van der Waals surface area contributed by atoms with Crippen LogP contribution >= 0.6 is 0 Å². The van der Waals surface area contributed by atoms with E-state index >= 15 is 0 Å². The topological polar surface area (TPSA) is 79.5 Å². The summed E-state index contributed by atoms with van der Waals surface area (Å²) in [6.07, 6.45) is -4.36. The number of benzene rings is 2. The van der Waals surface area contributed by atoms with Crippen LogP contribution in [0.25, 0.3) is 0 Å². The molecule has 3 N–H and O–H groups in total. The molecule has 10 heteroatoms. The van der Waals surface area contributed by atoms with E-state index in [1.807, 2.05) is 0 Å². The van der Waals surface area contributed by atoms with Crippen LogP contribution < -0.4 is 16.0 Å². The number of carbonyl (C=O) groups is 2. The van der Waals surface area contributed by atoms with Crippen LogP contribution in [-0.2, 0) is 17.9 Å². The lowest BCUT2D eigenvalue weighted by Crippen LogP contribution is -2.40. The summed E-state index contributed by atoms with van der Waals surface area (Å²) in [7, 11) is 0. The van der Waals surface area contributed by atoms with Gasteiger partial charge >= 0.3 is 12.2 Å². The summed E-state index contributed by atoms with van der Waals surface area (Å²) in [5.74, 6) is -1.20. The first-order valence-electron chi connectivity index (χ1n) is 9.01. The molecule has 0 atom stereocenters. The molecule has 0 aliphatic heterocycles. The van der Waals surface area contributed by atoms with E-state index in [9.17, 15) is 27.2 Å². The van der Waals surface area contributed by atoms with Gasteiger partial charge in [-0.2, -0.15) is 13.2 Å². The van der Waals surface area contributed by atoms with Gasteiger partial charge in [0, 0.05) is 19.6 Å². The van der Waals surface area contributed by atoms with E-state index in [4.69, 9.17) is 0 Å². The normalized spacial score (nSPS) is 11.1. The molecule has 0 unspecified atom stereocenters. The number of alkyl halides is 3. The van der Waals surface area contributed by atoms with Gasteiger partial charge in [0.15, 0.2) is 0 Å². The molecule has 2 aromatic rings. The second-order valence-electron chi connectivity index (χ2n) is 6.27. The van der Waals surface area contributed by atoms with Gasteiger partial charge in [0.1, 0.15) is 12.4 Å².